The molecule has 2 heterocycles. The number of piperidine rings is 1. The van der Waals surface area contributed by atoms with Gasteiger partial charge >= 0.3 is 0 Å². The molecule has 18 heavy (non-hydrogen) atoms. The minimum absolute atomic E-state index is 0.148. The fourth-order valence-corrected chi connectivity index (χ4v) is 2.44. The van der Waals surface area contributed by atoms with Gasteiger partial charge in [0.2, 0.25) is 5.91 Å². The number of carbonyl (C=O) groups is 1. The number of nitrogens with zero attached hydrogens (tertiary/aromatic N) is 1. The van der Waals surface area contributed by atoms with Crippen LogP contribution in [-0.4, -0.2) is 75.0 Å². The van der Waals surface area contributed by atoms with E-state index in [0.29, 0.717) is 13.0 Å². The first-order valence-corrected chi connectivity index (χ1v) is 6.16. The van der Waals surface area contributed by atoms with Gasteiger partial charge in [-0.15, -0.1) is 0 Å². The lowest BCUT2D eigenvalue weighted by molar-refractivity contribution is -0.263. The van der Waals surface area contributed by atoms with Gasteiger partial charge in [-0.2, -0.15) is 0 Å². The Hall–Kier alpha value is -0.730. The van der Waals surface area contributed by atoms with E-state index in [9.17, 15) is 20.1 Å². The van der Waals surface area contributed by atoms with Crippen molar-refractivity contribution in [3.8, 4) is 0 Å². The second kappa shape index (κ2) is 5.50. The van der Waals surface area contributed by atoms with Crippen LogP contribution in [0.25, 0.3) is 0 Å². The van der Waals surface area contributed by atoms with Gasteiger partial charge in [-0.1, -0.05) is 0 Å². The van der Waals surface area contributed by atoms with Crippen molar-refractivity contribution in [3.63, 3.8) is 0 Å². The topological polar surface area (TPSA) is 110 Å². The molecular weight excluding hydrogens is 242 g/mol. The normalized spacial score (nSPS) is 42.1. The van der Waals surface area contributed by atoms with Crippen LogP contribution >= 0.6 is 0 Å². The lowest BCUT2D eigenvalue weighted by Gasteiger charge is -2.45. The summed E-state index contributed by atoms with van der Waals surface area (Å²) in [6.45, 7) is -0.0367. The molecule has 0 aromatic rings. The highest BCUT2D eigenvalue weighted by Gasteiger charge is 2.46. The SMILES string of the molecule is O=C1CCCCN1C1O[C@H](CO)[C@H](O)[C@H](O)[C@H]1O. The third kappa shape index (κ3) is 2.36. The molecule has 0 bridgehead atoms. The second-order valence-corrected chi connectivity index (χ2v) is 4.76. The van der Waals surface area contributed by atoms with Gasteiger partial charge in [0.05, 0.1) is 6.61 Å². The highest BCUT2D eigenvalue weighted by molar-refractivity contribution is 5.77. The van der Waals surface area contributed by atoms with Crippen LogP contribution in [0.1, 0.15) is 19.3 Å². The molecule has 2 rings (SSSR count). The number of amides is 1. The number of carbonyl (C=O) groups excluding carboxylic acids is 1. The standard InChI is InChI=1S/C11H19NO6/c13-5-6-8(15)9(16)10(17)11(18-6)12-4-2-1-3-7(12)14/h6,8-11,13,15-17H,1-5H2/t6-,8+,9+,10-,11?/m1/s1. The smallest absolute Gasteiger partial charge is 0.224 e. The Labute approximate surface area is 105 Å². The molecule has 2 fully saturated rings. The largest absolute Gasteiger partial charge is 0.394 e. The predicted molar refractivity (Wildman–Crippen MR) is 59.3 cm³/mol. The van der Waals surface area contributed by atoms with Crippen molar-refractivity contribution in [2.75, 3.05) is 13.2 Å². The fourth-order valence-electron chi connectivity index (χ4n) is 2.44. The molecule has 2 aliphatic rings. The highest BCUT2D eigenvalue weighted by Crippen LogP contribution is 2.26. The molecule has 0 aromatic heterocycles. The monoisotopic (exact) mass is 261 g/mol. The Bertz CT molecular complexity index is 310. The van der Waals surface area contributed by atoms with E-state index in [1.807, 2.05) is 0 Å². The average Bonchev–Trinajstić information content (AvgIpc) is 2.38. The van der Waals surface area contributed by atoms with E-state index in [1.54, 1.807) is 0 Å². The van der Waals surface area contributed by atoms with Crippen LogP contribution in [0.3, 0.4) is 0 Å². The van der Waals surface area contributed by atoms with E-state index in [4.69, 9.17) is 9.84 Å². The van der Waals surface area contributed by atoms with E-state index in [-0.39, 0.29) is 5.91 Å². The number of rotatable bonds is 2. The van der Waals surface area contributed by atoms with Crippen molar-refractivity contribution >= 4 is 5.91 Å². The first-order chi connectivity index (χ1) is 8.56. The lowest BCUT2D eigenvalue weighted by Crippen LogP contribution is -2.64. The van der Waals surface area contributed by atoms with Gasteiger partial charge in [-0.25, -0.2) is 0 Å². The van der Waals surface area contributed by atoms with Crippen molar-refractivity contribution in [2.24, 2.45) is 0 Å². The summed E-state index contributed by atoms with van der Waals surface area (Å²) in [5.74, 6) is -0.148. The van der Waals surface area contributed by atoms with Crippen molar-refractivity contribution in [1.82, 2.24) is 4.90 Å². The molecule has 1 amide bonds. The van der Waals surface area contributed by atoms with Crippen molar-refractivity contribution in [3.05, 3.63) is 0 Å². The number of likely N-dealkylation sites (tertiary alicyclic amines) is 1. The highest BCUT2D eigenvalue weighted by atomic mass is 16.6. The predicted octanol–water partition coefficient (Wildman–Crippen LogP) is -2.20. The van der Waals surface area contributed by atoms with Crippen LogP contribution in [0.5, 0.6) is 0 Å². The first-order valence-electron chi connectivity index (χ1n) is 6.16. The van der Waals surface area contributed by atoms with Crippen LogP contribution in [0.15, 0.2) is 0 Å². The quantitative estimate of drug-likeness (QED) is 0.449. The molecule has 1 unspecified atom stereocenters. The zero-order chi connectivity index (χ0) is 13.3. The Kier molecular flexibility index (Phi) is 4.18. The summed E-state index contributed by atoms with van der Waals surface area (Å²) in [5.41, 5.74) is 0. The number of ether oxygens (including phenoxy) is 1. The van der Waals surface area contributed by atoms with Crippen molar-refractivity contribution in [1.29, 1.82) is 0 Å². The summed E-state index contributed by atoms with van der Waals surface area (Å²) < 4.78 is 5.34. The van der Waals surface area contributed by atoms with Crippen LogP contribution in [0.2, 0.25) is 0 Å². The van der Waals surface area contributed by atoms with E-state index in [0.717, 1.165) is 12.8 Å². The molecule has 0 aliphatic carbocycles. The molecule has 2 saturated heterocycles. The molecule has 7 heteroatoms. The zero-order valence-electron chi connectivity index (χ0n) is 9.97. The van der Waals surface area contributed by atoms with Gasteiger partial charge in [-0.3, -0.25) is 4.79 Å². The van der Waals surface area contributed by atoms with Crippen LogP contribution in [0, 0.1) is 0 Å². The molecule has 0 aromatic carbocycles. The van der Waals surface area contributed by atoms with Gasteiger partial charge in [-0.05, 0) is 12.8 Å². The van der Waals surface area contributed by atoms with E-state index in [2.05, 4.69) is 0 Å². The second-order valence-electron chi connectivity index (χ2n) is 4.76. The molecular formula is C11H19NO6. The molecule has 5 atom stereocenters. The third-order valence-corrected chi connectivity index (χ3v) is 3.53. The van der Waals surface area contributed by atoms with Crippen LogP contribution < -0.4 is 0 Å². The van der Waals surface area contributed by atoms with E-state index >= 15 is 0 Å². The lowest BCUT2D eigenvalue weighted by atomic mass is 9.96. The van der Waals surface area contributed by atoms with Gasteiger partial charge in [0.15, 0.2) is 6.23 Å². The first kappa shape index (κ1) is 13.7. The molecule has 0 radical (unpaired) electrons. The Balaban J connectivity index is 2.13. The maximum Gasteiger partial charge on any atom is 0.224 e. The van der Waals surface area contributed by atoms with Crippen molar-refractivity contribution in [2.45, 2.75) is 49.9 Å². The maximum atomic E-state index is 11.8. The van der Waals surface area contributed by atoms with Gasteiger partial charge in [0.1, 0.15) is 24.4 Å². The number of hydrogen-bond donors (Lipinski definition) is 4. The van der Waals surface area contributed by atoms with Crippen LogP contribution in [-0.2, 0) is 9.53 Å². The Morgan fingerprint density at radius 2 is 1.89 bits per heavy atom. The average molecular weight is 261 g/mol. The third-order valence-electron chi connectivity index (χ3n) is 3.53. The van der Waals surface area contributed by atoms with Gasteiger partial charge in [0.25, 0.3) is 0 Å². The summed E-state index contributed by atoms with van der Waals surface area (Å²) in [5, 5.41) is 38.2. The van der Waals surface area contributed by atoms with Crippen molar-refractivity contribution < 1.29 is 30.0 Å². The summed E-state index contributed by atoms with van der Waals surface area (Å²) >= 11 is 0. The molecule has 0 saturated carbocycles. The fraction of sp³-hybridized carbons (Fsp3) is 0.909. The van der Waals surface area contributed by atoms with E-state index < -0.39 is 37.3 Å². The minimum Gasteiger partial charge on any atom is -0.394 e. The maximum absolute atomic E-state index is 11.8. The summed E-state index contributed by atoms with van der Waals surface area (Å²) in [7, 11) is 0. The number of aliphatic hydroxyl groups is 4. The summed E-state index contributed by atoms with van der Waals surface area (Å²) in [6.07, 6.45) is -4.18. The molecule has 2 aliphatic heterocycles. The molecule has 4 N–H and O–H groups in total. The van der Waals surface area contributed by atoms with Crippen LogP contribution in [0.4, 0.5) is 0 Å². The van der Waals surface area contributed by atoms with Gasteiger partial charge in [0, 0.05) is 13.0 Å². The Morgan fingerprint density at radius 1 is 1.17 bits per heavy atom. The van der Waals surface area contributed by atoms with Gasteiger partial charge < -0.3 is 30.1 Å². The Morgan fingerprint density at radius 3 is 2.50 bits per heavy atom. The minimum atomic E-state index is -1.43. The number of hydrogen-bond acceptors (Lipinski definition) is 6. The summed E-state index contributed by atoms with van der Waals surface area (Å²) in [4.78, 5) is 13.1. The summed E-state index contributed by atoms with van der Waals surface area (Å²) in [6, 6.07) is 0. The molecule has 7 nitrogen and oxygen atoms in total. The zero-order valence-corrected chi connectivity index (χ0v) is 9.97. The number of aliphatic hydroxyl groups excluding tert-OH is 4. The molecule has 104 valence electrons. The van der Waals surface area contributed by atoms with E-state index in [1.165, 1.54) is 4.90 Å². The molecule has 0 spiro atoms.